The third kappa shape index (κ3) is 3.13. The van der Waals surface area contributed by atoms with Crippen LogP contribution in [0.5, 0.6) is 0 Å². The lowest BCUT2D eigenvalue weighted by molar-refractivity contribution is 0.365. The van der Waals surface area contributed by atoms with Gasteiger partial charge >= 0.3 is 0 Å². The molecule has 0 aliphatic heterocycles. The Hall–Kier alpha value is -1.42. The fourth-order valence-corrected chi connectivity index (χ4v) is 1.96. The molecule has 0 aliphatic rings. The highest BCUT2D eigenvalue weighted by Crippen LogP contribution is 2.29. The molecule has 0 unspecified atom stereocenters. The van der Waals surface area contributed by atoms with Crippen molar-refractivity contribution >= 4 is 11.6 Å². The highest BCUT2D eigenvalue weighted by Gasteiger charge is 2.28. The first-order valence-corrected chi connectivity index (χ1v) is 6.72. The Kier molecular flexibility index (Phi) is 4.20. The van der Waals surface area contributed by atoms with Gasteiger partial charge in [-0.1, -0.05) is 17.3 Å². The van der Waals surface area contributed by atoms with E-state index in [1.807, 2.05) is 13.8 Å². The zero-order valence-electron chi connectivity index (χ0n) is 11.0. The van der Waals surface area contributed by atoms with Crippen LogP contribution in [0.3, 0.4) is 0 Å². The third-order valence-electron chi connectivity index (χ3n) is 3.12. The van der Waals surface area contributed by atoms with Crippen LogP contribution in [0.25, 0.3) is 0 Å². The third-order valence-corrected chi connectivity index (χ3v) is 3.38. The van der Waals surface area contributed by atoms with Crippen LogP contribution in [-0.4, -0.2) is 16.0 Å². The molecule has 2 aromatic rings. The number of aromatic nitrogens is 2. The van der Waals surface area contributed by atoms with E-state index in [1.54, 1.807) is 12.1 Å². The molecule has 2 rings (SSSR count). The van der Waals surface area contributed by atoms with Crippen molar-refractivity contribution in [2.24, 2.45) is 0 Å². The van der Waals surface area contributed by atoms with Crippen molar-refractivity contribution in [3.63, 3.8) is 0 Å². The molecular weight excluding hydrogens is 267 g/mol. The van der Waals surface area contributed by atoms with E-state index in [-0.39, 0.29) is 5.82 Å². The minimum absolute atomic E-state index is 0.254. The van der Waals surface area contributed by atoms with Crippen LogP contribution in [-0.2, 0) is 11.8 Å². The van der Waals surface area contributed by atoms with Crippen LogP contribution >= 0.6 is 11.6 Å². The molecule has 0 atom stereocenters. The van der Waals surface area contributed by atoms with E-state index in [4.69, 9.17) is 16.1 Å². The van der Waals surface area contributed by atoms with Gasteiger partial charge in [-0.05, 0) is 38.0 Å². The minimum Gasteiger partial charge on any atom is -0.339 e. The number of halogens is 2. The normalized spacial score (nSPS) is 11.8. The molecule has 0 fully saturated rings. The number of nitrogens with zero attached hydrogens (tertiary/aromatic N) is 2. The Morgan fingerprint density at radius 3 is 2.58 bits per heavy atom. The van der Waals surface area contributed by atoms with E-state index < -0.39 is 5.41 Å². The maximum absolute atomic E-state index is 13.0. The van der Waals surface area contributed by atoms with Crippen LogP contribution in [0.15, 0.2) is 28.8 Å². The van der Waals surface area contributed by atoms with Crippen LogP contribution in [0.4, 0.5) is 4.39 Å². The van der Waals surface area contributed by atoms with Gasteiger partial charge in [-0.25, -0.2) is 4.39 Å². The van der Waals surface area contributed by atoms with Crippen molar-refractivity contribution < 1.29 is 8.91 Å². The van der Waals surface area contributed by atoms with E-state index in [9.17, 15) is 4.39 Å². The molecule has 0 bridgehead atoms. The Labute approximate surface area is 116 Å². The highest BCUT2D eigenvalue weighted by molar-refractivity contribution is 6.17. The fourth-order valence-electron chi connectivity index (χ4n) is 1.82. The van der Waals surface area contributed by atoms with Gasteiger partial charge in [-0.15, -0.1) is 11.6 Å². The van der Waals surface area contributed by atoms with E-state index in [2.05, 4.69) is 10.1 Å². The first-order chi connectivity index (χ1) is 9.04. The van der Waals surface area contributed by atoms with E-state index in [0.29, 0.717) is 24.0 Å². The van der Waals surface area contributed by atoms with Gasteiger partial charge in [0, 0.05) is 12.3 Å². The molecule has 5 heteroatoms. The van der Waals surface area contributed by atoms with Crippen molar-refractivity contribution in [3.05, 3.63) is 47.4 Å². The molecule has 19 heavy (non-hydrogen) atoms. The van der Waals surface area contributed by atoms with Gasteiger partial charge in [-0.3, -0.25) is 0 Å². The molecule has 0 spiro atoms. The average Bonchev–Trinajstić information content (AvgIpc) is 2.86. The highest BCUT2D eigenvalue weighted by atomic mass is 35.5. The molecule has 3 nitrogen and oxygen atoms in total. The summed E-state index contributed by atoms with van der Waals surface area (Å²) in [4.78, 5) is 4.39. The number of hydrogen-bond acceptors (Lipinski definition) is 3. The summed E-state index contributed by atoms with van der Waals surface area (Å²) in [7, 11) is 0. The second-order valence-corrected chi connectivity index (χ2v) is 5.31. The van der Waals surface area contributed by atoms with Gasteiger partial charge in [0.2, 0.25) is 5.89 Å². The monoisotopic (exact) mass is 282 g/mol. The largest absolute Gasteiger partial charge is 0.339 e. The smallest absolute Gasteiger partial charge is 0.226 e. The van der Waals surface area contributed by atoms with Crippen molar-refractivity contribution in [1.29, 1.82) is 0 Å². The number of benzene rings is 1. The molecule has 0 saturated heterocycles. The maximum Gasteiger partial charge on any atom is 0.226 e. The fraction of sp³-hybridized carbons (Fsp3) is 0.429. The number of aryl methyl sites for hydroxylation is 1. The Bertz CT molecular complexity index is 537. The van der Waals surface area contributed by atoms with E-state index >= 15 is 0 Å². The van der Waals surface area contributed by atoms with Gasteiger partial charge in [0.15, 0.2) is 5.82 Å². The average molecular weight is 283 g/mol. The van der Waals surface area contributed by atoms with Crippen LogP contribution in [0.1, 0.15) is 37.5 Å². The van der Waals surface area contributed by atoms with Crippen molar-refractivity contribution in [2.45, 2.75) is 32.1 Å². The molecule has 0 aliphatic carbocycles. The first kappa shape index (κ1) is 14.0. The van der Waals surface area contributed by atoms with Gasteiger partial charge in [0.25, 0.3) is 0 Å². The zero-order valence-corrected chi connectivity index (χ0v) is 11.7. The number of hydrogen-bond donors (Lipinski definition) is 0. The molecule has 1 aromatic heterocycles. The molecule has 0 saturated carbocycles. The minimum atomic E-state index is -0.420. The van der Waals surface area contributed by atoms with Gasteiger partial charge in [0.1, 0.15) is 5.82 Å². The maximum atomic E-state index is 13.0. The topological polar surface area (TPSA) is 38.9 Å². The van der Waals surface area contributed by atoms with Crippen molar-refractivity contribution in [2.75, 3.05) is 5.88 Å². The summed E-state index contributed by atoms with van der Waals surface area (Å²) in [5.74, 6) is 1.50. The first-order valence-electron chi connectivity index (χ1n) is 6.19. The molecule has 0 N–H and O–H groups in total. The predicted molar refractivity (Wildman–Crippen MR) is 71.9 cm³/mol. The molecule has 0 radical (unpaired) electrons. The lowest BCUT2D eigenvalue weighted by atomic mass is 9.84. The standard InChI is InChI=1S/C14H16ClFN2O/c1-14(2,10-5-7-11(16)8-6-10)13-17-12(19-18-13)4-3-9-15/h5-8H,3-4,9H2,1-2H3. The summed E-state index contributed by atoms with van der Waals surface area (Å²) in [5, 5.41) is 4.02. The zero-order chi connectivity index (χ0) is 13.9. The van der Waals surface area contributed by atoms with Gasteiger partial charge in [0.05, 0.1) is 5.41 Å². The summed E-state index contributed by atoms with van der Waals surface area (Å²) in [5.41, 5.74) is 0.523. The summed E-state index contributed by atoms with van der Waals surface area (Å²) >= 11 is 5.63. The van der Waals surface area contributed by atoms with E-state index in [0.717, 1.165) is 12.0 Å². The van der Waals surface area contributed by atoms with Crippen molar-refractivity contribution in [3.8, 4) is 0 Å². The summed E-state index contributed by atoms with van der Waals surface area (Å²) in [6.45, 7) is 3.97. The summed E-state index contributed by atoms with van der Waals surface area (Å²) in [6.07, 6.45) is 1.48. The lowest BCUT2D eigenvalue weighted by Crippen LogP contribution is -2.20. The molecule has 1 aromatic carbocycles. The van der Waals surface area contributed by atoms with Crippen LogP contribution < -0.4 is 0 Å². The molecule has 0 amide bonds. The Morgan fingerprint density at radius 2 is 1.95 bits per heavy atom. The molecular formula is C14H16ClFN2O. The van der Waals surface area contributed by atoms with E-state index in [1.165, 1.54) is 12.1 Å². The summed E-state index contributed by atoms with van der Waals surface area (Å²) in [6, 6.07) is 6.35. The Balaban J connectivity index is 2.23. The molecule has 102 valence electrons. The van der Waals surface area contributed by atoms with Gasteiger partial charge < -0.3 is 4.52 Å². The second-order valence-electron chi connectivity index (χ2n) is 4.94. The summed E-state index contributed by atoms with van der Waals surface area (Å²) < 4.78 is 18.2. The number of rotatable bonds is 5. The second kappa shape index (κ2) is 5.70. The van der Waals surface area contributed by atoms with Crippen LogP contribution in [0, 0.1) is 5.82 Å². The number of alkyl halides is 1. The van der Waals surface area contributed by atoms with Crippen LogP contribution in [0.2, 0.25) is 0 Å². The SMILES string of the molecule is CC(C)(c1ccc(F)cc1)c1noc(CCCCl)n1. The lowest BCUT2D eigenvalue weighted by Gasteiger charge is -2.20. The Morgan fingerprint density at radius 1 is 1.26 bits per heavy atom. The predicted octanol–water partition coefficient (Wildman–Crippen LogP) is 3.71. The van der Waals surface area contributed by atoms with Gasteiger partial charge in [-0.2, -0.15) is 4.98 Å². The van der Waals surface area contributed by atoms with Crippen molar-refractivity contribution in [1.82, 2.24) is 10.1 Å². The molecule has 1 heterocycles. The quantitative estimate of drug-likeness (QED) is 0.785.